The zero-order chi connectivity index (χ0) is 22.5. The lowest BCUT2D eigenvalue weighted by Crippen LogP contribution is -2.07. The van der Waals surface area contributed by atoms with E-state index in [-0.39, 0.29) is 17.2 Å². The summed E-state index contributed by atoms with van der Waals surface area (Å²) in [7, 11) is 0. The van der Waals surface area contributed by atoms with Gasteiger partial charge in [-0.2, -0.15) is 0 Å². The molecule has 0 atom stereocenters. The number of hydrogen-bond acceptors (Lipinski definition) is 6. The third-order valence-electron chi connectivity index (χ3n) is 4.74. The molecule has 0 amide bonds. The maximum Gasteiger partial charge on any atom is 0.269 e. The molecular formula is C23H17FN4O3S. The molecule has 0 radical (unpaired) electrons. The number of thioether (sulfide) groups is 1. The standard InChI is InChI=1S/C23H17FN4O3S/c24-19-10-6-17(7-11-19)21(29)15-32-23-26-25-22(18-8-12-20(13-9-18)28(30)31)27(23)14-16-4-2-1-3-5-16/h1-13H,14-15H2. The van der Waals surface area contributed by atoms with Crippen molar-refractivity contribution in [3.63, 3.8) is 0 Å². The molecule has 9 heteroatoms. The lowest BCUT2D eigenvalue weighted by molar-refractivity contribution is -0.384. The minimum atomic E-state index is -0.458. The predicted molar refractivity (Wildman–Crippen MR) is 119 cm³/mol. The Labute approximate surface area is 187 Å². The number of halogens is 1. The lowest BCUT2D eigenvalue weighted by Gasteiger charge is -2.10. The second-order valence-corrected chi connectivity index (χ2v) is 7.84. The van der Waals surface area contributed by atoms with Crippen LogP contribution in [0.2, 0.25) is 0 Å². The largest absolute Gasteiger partial charge is 0.298 e. The van der Waals surface area contributed by atoms with E-state index in [9.17, 15) is 19.3 Å². The molecule has 1 aromatic heterocycles. The number of nitro groups is 1. The second-order valence-electron chi connectivity index (χ2n) is 6.90. The predicted octanol–water partition coefficient (Wildman–Crippen LogP) is 5.02. The first-order chi connectivity index (χ1) is 15.5. The minimum Gasteiger partial charge on any atom is -0.298 e. The number of aromatic nitrogens is 3. The Bertz CT molecular complexity index is 1240. The van der Waals surface area contributed by atoms with E-state index >= 15 is 0 Å². The van der Waals surface area contributed by atoms with E-state index in [0.717, 1.165) is 5.56 Å². The molecule has 0 bridgehead atoms. The Morgan fingerprint density at radius 2 is 1.66 bits per heavy atom. The van der Waals surface area contributed by atoms with Gasteiger partial charge in [-0.15, -0.1) is 10.2 Å². The Morgan fingerprint density at radius 1 is 0.969 bits per heavy atom. The highest BCUT2D eigenvalue weighted by Crippen LogP contribution is 2.27. The summed E-state index contributed by atoms with van der Waals surface area (Å²) in [6.45, 7) is 0.466. The van der Waals surface area contributed by atoms with Crippen LogP contribution in [-0.4, -0.2) is 31.2 Å². The fraction of sp³-hybridized carbons (Fsp3) is 0.0870. The van der Waals surface area contributed by atoms with Gasteiger partial charge in [-0.3, -0.25) is 19.5 Å². The third-order valence-corrected chi connectivity index (χ3v) is 5.70. The van der Waals surface area contributed by atoms with Crippen molar-refractivity contribution < 1.29 is 14.1 Å². The topological polar surface area (TPSA) is 90.9 Å². The summed E-state index contributed by atoms with van der Waals surface area (Å²) < 4.78 is 15.0. The molecule has 7 nitrogen and oxygen atoms in total. The fourth-order valence-electron chi connectivity index (χ4n) is 3.10. The van der Waals surface area contributed by atoms with Crippen molar-refractivity contribution in [1.29, 1.82) is 0 Å². The van der Waals surface area contributed by atoms with Crippen molar-refractivity contribution in [3.8, 4) is 11.4 Å². The van der Waals surface area contributed by atoms with Gasteiger partial charge in [-0.05, 0) is 42.0 Å². The molecule has 32 heavy (non-hydrogen) atoms. The number of rotatable bonds is 8. The molecule has 3 aromatic carbocycles. The number of Topliss-reactive ketones (excluding diaryl/α,β-unsaturated/α-hetero) is 1. The lowest BCUT2D eigenvalue weighted by atomic mass is 10.1. The van der Waals surface area contributed by atoms with Crippen LogP contribution in [0.25, 0.3) is 11.4 Å². The normalized spacial score (nSPS) is 10.8. The van der Waals surface area contributed by atoms with E-state index in [0.29, 0.717) is 28.7 Å². The number of nitrogens with zero attached hydrogens (tertiary/aromatic N) is 4. The van der Waals surface area contributed by atoms with Crippen LogP contribution in [0.5, 0.6) is 0 Å². The molecule has 4 rings (SSSR count). The highest BCUT2D eigenvalue weighted by Gasteiger charge is 2.17. The maximum absolute atomic E-state index is 13.1. The smallest absolute Gasteiger partial charge is 0.269 e. The van der Waals surface area contributed by atoms with Gasteiger partial charge in [0.25, 0.3) is 5.69 Å². The molecule has 1 heterocycles. The summed E-state index contributed by atoms with van der Waals surface area (Å²) in [4.78, 5) is 23.0. The number of benzene rings is 3. The van der Waals surface area contributed by atoms with Gasteiger partial charge in [0.1, 0.15) is 5.82 Å². The van der Waals surface area contributed by atoms with Gasteiger partial charge in [-0.25, -0.2) is 4.39 Å². The summed E-state index contributed by atoms with van der Waals surface area (Å²) in [5.74, 6) is 0.102. The van der Waals surface area contributed by atoms with Crippen LogP contribution < -0.4 is 0 Å². The van der Waals surface area contributed by atoms with Gasteiger partial charge >= 0.3 is 0 Å². The average Bonchev–Trinajstić information content (AvgIpc) is 3.21. The highest BCUT2D eigenvalue weighted by atomic mass is 32.2. The zero-order valence-electron chi connectivity index (χ0n) is 16.7. The molecule has 0 saturated carbocycles. The molecular weight excluding hydrogens is 431 g/mol. The van der Waals surface area contributed by atoms with Gasteiger partial charge in [0.05, 0.1) is 17.2 Å². The van der Waals surface area contributed by atoms with Gasteiger partial charge in [0, 0.05) is 23.3 Å². The van der Waals surface area contributed by atoms with Crippen LogP contribution in [0.4, 0.5) is 10.1 Å². The van der Waals surface area contributed by atoms with Crippen LogP contribution in [0.15, 0.2) is 84.0 Å². The van der Waals surface area contributed by atoms with Crippen molar-refractivity contribution in [3.05, 3.63) is 106 Å². The zero-order valence-corrected chi connectivity index (χ0v) is 17.5. The van der Waals surface area contributed by atoms with Crippen LogP contribution in [0.3, 0.4) is 0 Å². The number of non-ortho nitro benzene ring substituents is 1. The molecule has 0 unspecified atom stereocenters. The second kappa shape index (κ2) is 9.52. The third kappa shape index (κ3) is 4.89. The summed E-state index contributed by atoms with van der Waals surface area (Å²) in [5.41, 5.74) is 2.10. The van der Waals surface area contributed by atoms with Gasteiger partial charge in [0.15, 0.2) is 16.8 Å². The van der Waals surface area contributed by atoms with E-state index in [1.807, 2.05) is 34.9 Å². The Hall–Kier alpha value is -3.85. The van der Waals surface area contributed by atoms with E-state index in [1.165, 1.54) is 48.2 Å². The first kappa shape index (κ1) is 21.4. The van der Waals surface area contributed by atoms with Crippen molar-refractivity contribution in [2.24, 2.45) is 0 Å². The van der Waals surface area contributed by atoms with E-state index in [4.69, 9.17) is 0 Å². The van der Waals surface area contributed by atoms with Gasteiger partial charge in [-0.1, -0.05) is 42.1 Å². The molecule has 160 valence electrons. The van der Waals surface area contributed by atoms with E-state index in [1.54, 1.807) is 12.1 Å². The summed E-state index contributed by atoms with van der Waals surface area (Å²) >= 11 is 1.23. The molecule has 0 aliphatic carbocycles. The first-order valence-corrected chi connectivity index (χ1v) is 10.6. The van der Waals surface area contributed by atoms with Crippen LogP contribution in [0, 0.1) is 15.9 Å². The van der Waals surface area contributed by atoms with Crippen molar-refractivity contribution in [2.45, 2.75) is 11.7 Å². The molecule has 4 aromatic rings. The van der Waals surface area contributed by atoms with Crippen LogP contribution >= 0.6 is 11.8 Å². The van der Waals surface area contributed by atoms with Crippen LogP contribution in [-0.2, 0) is 6.54 Å². The molecule has 0 aliphatic rings. The summed E-state index contributed by atoms with van der Waals surface area (Å²) in [6, 6.07) is 21.2. The van der Waals surface area contributed by atoms with E-state index in [2.05, 4.69) is 10.2 Å². The summed E-state index contributed by atoms with van der Waals surface area (Å²) in [6.07, 6.45) is 0. The number of hydrogen-bond donors (Lipinski definition) is 0. The number of carbonyl (C=O) groups excluding carboxylic acids is 1. The Morgan fingerprint density at radius 3 is 2.31 bits per heavy atom. The molecule has 0 aliphatic heterocycles. The molecule has 0 saturated heterocycles. The number of ketones is 1. The van der Waals surface area contributed by atoms with Crippen LogP contribution in [0.1, 0.15) is 15.9 Å². The minimum absolute atomic E-state index is 0.0117. The Balaban J connectivity index is 1.62. The molecule has 0 fully saturated rings. The van der Waals surface area contributed by atoms with Gasteiger partial charge < -0.3 is 0 Å². The maximum atomic E-state index is 13.1. The highest BCUT2D eigenvalue weighted by molar-refractivity contribution is 7.99. The fourth-order valence-corrected chi connectivity index (χ4v) is 3.93. The first-order valence-electron chi connectivity index (χ1n) is 9.65. The van der Waals surface area contributed by atoms with E-state index < -0.39 is 10.7 Å². The monoisotopic (exact) mass is 448 g/mol. The number of carbonyl (C=O) groups is 1. The van der Waals surface area contributed by atoms with Gasteiger partial charge in [0.2, 0.25) is 0 Å². The number of nitro benzene ring substituents is 1. The SMILES string of the molecule is O=C(CSc1nnc(-c2ccc([N+](=O)[O-])cc2)n1Cc1ccccc1)c1ccc(F)cc1. The summed E-state index contributed by atoms with van der Waals surface area (Å²) in [5, 5.41) is 20.0. The molecule has 0 spiro atoms. The average molecular weight is 448 g/mol. The Kier molecular flexibility index (Phi) is 6.37. The quantitative estimate of drug-likeness (QED) is 0.163. The van der Waals surface area contributed by atoms with Crippen molar-refractivity contribution in [2.75, 3.05) is 5.75 Å². The van der Waals surface area contributed by atoms with Crippen molar-refractivity contribution in [1.82, 2.24) is 14.8 Å². The molecule has 0 N–H and O–H groups in total. The van der Waals surface area contributed by atoms with Crippen molar-refractivity contribution >= 4 is 23.2 Å².